The molecule has 202 valence electrons. The van der Waals surface area contributed by atoms with Crippen LogP contribution in [-0.2, 0) is 0 Å². The number of fused-ring (bicyclic) bond motifs is 3. The lowest BCUT2D eigenvalue weighted by molar-refractivity contribution is 0.477. The molecule has 5 rings (SSSR count). The van der Waals surface area contributed by atoms with E-state index in [1.54, 1.807) is 49.1 Å². The summed E-state index contributed by atoms with van der Waals surface area (Å²) in [6.45, 7) is 17.4. The molecule has 0 aliphatic carbocycles. The van der Waals surface area contributed by atoms with Gasteiger partial charge in [0.1, 0.15) is 11.3 Å². The molecular formula is C33H41ClN2O2. The van der Waals surface area contributed by atoms with Crippen molar-refractivity contribution in [2.24, 2.45) is 0 Å². The number of phenols is 1. The van der Waals surface area contributed by atoms with Gasteiger partial charge in [-0.15, -0.1) is 0 Å². The van der Waals surface area contributed by atoms with Crippen LogP contribution in [0.1, 0.15) is 48.5 Å². The quantitative estimate of drug-likeness (QED) is 0.230. The molecule has 3 aromatic heterocycles. The number of aromatic nitrogens is 2. The van der Waals surface area contributed by atoms with Crippen LogP contribution in [0, 0.1) is 0 Å². The summed E-state index contributed by atoms with van der Waals surface area (Å²) >= 11 is 5.96. The van der Waals surface area contributed by atoms with Crippen LogP contribution >= 0.6 is 11.6 Å². The van der Waals surface area contributed by atoms with Crippen LogP contribution in [-0.4, -0.2) is 15.1 Å². The molecule has 0 bridgehead atoms. The zero-order chi connectivity index (χ0) is 28.8. The fraction of sp³-hybridized carbons (Fsp3) is 0.212. The topological polar surface area (TPSA) is 59.2 Å². The van der Waals surface area contributed by atoms with Crippen molar-refractivity contribution in [3.8, 4) is 16.9 Å². The van der Waals surface area contributed by atoms with Crippen molar-refractivity contribution in [3.63, 3.8) is 0 Å². The van der Waals surface area contributed by atoms with Crippen molar-refractivity contribution >= 4 is 33.5 Å². The lowest BCUT2D eigenvalue weighted by Crippen LogP contribution is -1.81. The third kappa shape index (κ3) is 10.6. The molecule has 2 aromatic carbocycles. The molecular weight excluding hydrogens is 492 g/mol. The minimum atomic E-state index is 0.223. The number of nitrogens with zero attached hydrogens (tertiary/aromatic N) is 2. The normalized spacial score (nSPS) is 9.16. The predicted molar refractivity (Wildman–Crippen MR) is 167 cm³/mol. The molecule has 3 heterocycles. The molecule has 0 saturated heterocycles. The van der Waals surface area contributed by atoms with Crippen LogP contribution in [0.15, 0.2) is 115 Å². The number of furan rings is 1. The minimum absolute atomic E-state index is 0.223. The highest BCUT2D eigenvalue weighted by Gasteiger charge is 2.06. The van der Waals surface area contributed by atoms with Crippen LogP contribution in [0.4, 0.5) is 0 Å². The zero-order valence-corrected chi connectivity index (χ0v) is 24.4. The molecule has 38 heavy (non-hydrogen) atoms. The van der Waals surface area contributed by atoms with E-state index >= 15 is 0 Å². The number of hydrogen-bond donors (Lipinski definition) is 1. The van der Waals surface area contributed by atoms with Gasteiger partial charge in [-0.05, 0) is 31.2 Å². The average Bonchev–Trinajstić information content (AvgIpc) is 3.37. The third-order valence-electron chi connectivity index (χ3n) is 4.48. The summed E-state index contributed by atoms with van der Waals surface area (Å²) in [6.07, 6.45) is 12.3. The van der Waals surface area contributed by atoms with Gasteiger partial charge in [-0.2, -0.15) is 0 Å². The number of rotatable bonds is 2. The molecule has 5 aromatic rings. The Morgan fingerprint density at radius 1 is 0.737 bits per heavy atom. The van der Waals surface area contributed by atoms with Gasteiger partial charge in [0, 0.05) is 40.5 Å². The number of para-hydroxylation sites is 2. The number of hydrogen-bond acceptors (Lipinski definition) is 4. The Labute approximate surface area is 233 Å². The Bertz CT molecular complexity index is 1250. The monoisotopic (exact) mass is 532 g/mol. The zero-order valence-electron chi connectivity index (χ0n) is 23.6. The first-order valence-electron chi connectivity index (χ1n) is 13.0. The molecule has 0 aliphatic heterocycles. The first kappa shape index (κ1) is 34.1. The summed E-state index contributed by atoms with van der Waals surface area (Å²) in [4.78, 5) is 7.90. The molecule has 0 spiro atoms. The SMILES string of the molecule is C=C/C=C\C.CC.CC.CC.Oc1ccccc1-c1ccncc1Cl.c1ccc2c(c1)oc1cnccc12. The Hall–Kier alpha value is -3.89. The number of phenolic OH excluding ortho intramolecular Hbond substituents is 1. The van der Waals surface area contributed by atoms with Gasteiger partial charge in [0.25, 0.3) is 0 Å². The Morgan fingerprint density at radius 2 is 1.32 bits per heavy atom. The van der Waals surface area contributed by atoms with Gasteiger partial charge in [-0.1, -0.05) is 114 Å². The Kier molecular flexibility index (Phi) is 19.0. The molecule has 5 heteroatoms. The summed E-state index contributed by atoms with van der Waals surface area (Å²) in [5, 5.41) is 12.4. The second-order valence-corrected chi connectivity index (χ2v) is 7.01. The summed E-state index contributed by atoms with van der Waals surface area (Å²) in [7, 11) is 0. The second kappa shape index (κ2) is 21.2. The van der Waals surface area contributed by atoms with Crippen LogP contribution in [0.2, 0.25) is 5.02 Å². The molecule has 0 radical (unpaired) electrons. The summed E-state index contributed by atoms with van der Waals surface area (Å²) < 4.78 is 5.59. The molecule has 0 atom stereocenters. The van der Waals surface area contributed by atoms with Gasteiger partial charge in [0.05, 0.1) is 11.2 Å². The van der Waals surface area contributed by atoms with Crippen molar-refractivity contribution in [1.29, 1.82) is 0 Å². The van der Waals surface area contributed by atoms with Gasteiger partial charge in [0.2, 0.25) is 0 Å². The highest BCUT2D eigenvalue weighted by Crippen LogP contribution is 2.33. The van der Waals surface area contributed by atoms with E-state index in [-0.39, 0.29) is 5.75 Å². The van der Waals surface area contributed by atoms with E-state index in [0.29, 0.717) is 5.02 Å². The number of halogens is 1. The third-order valence-corrected chi connectivity index (χ3v) is 4.78. The van der Waals surface area contributed by atoms with Crippen molar-refractivity contribution in [2.75, 3.05) is 0 Å². The lowest BCUT2D eigenvalue weighted by Gasteiger charge is -2.05. The average molecular weight is 533 g/mol. The number of pyridine rings is 2. The van der Waals surface area contributed by atoms with E-state index in [1.165, 1.54) is 0 Å². The van der Waals surface area contributed by atoms with Gasteiger partial charge >= 0.3 is 0 Å². The number of aromatic hydroxyl groups is 1. The first-order chi connectivity index (χ1) is 18.7. The van der Waals surface area contributed by atoms with E-state index in [1.807, 2.05) is 97.0 Å². The molecule has 0 fully saturated rings. The van der Waals surface area contributed by atoms with Gasteiger partial charge in [-0.3, -0.25) is 9.97 Å². The van der Waals surface area contributed by atoms with E-state index in [4.69, 9.17) is 16.0 Å². The van der Waals surface area contributed by atoms with E-state index in [0.717, 1.165) is 33.1 Å². The lowest BCUT2D eigenvalue weighted by atomic mass is 10.1. The fourth-order valence-corrected chi connectivity index (χ4v) is 3.23. The highest BCUT2D eigenvalue weighted by atomic mass is 35.5. The summed E-state index contributed by atoms with van der Waals surface area (Å²) in [6, 6.07) is 18.8. The summed E-state index contributed by atoms with van der Waals surface area (Å²) in [5.41, 5.74) is 3.29. The maximum Gasteiger partial charge on any atom is 0.153 e. The van der Waals surface area contributed by atoms with Crippen molar-refractivity contribution in [3.05, 3.63) is 115 Å². The predicted octanol–water partition coefficient (Wildman–Crippen LogP) is 10.9. The standard InChI is InChI=1S/C11H8ClNO.C11H7NO.C5H8.3C2H6/c12-10-7-13-6-5-8(10)9-3-1-2-4-11(9)14;1-2-4-10-8(3-1)9-5-6-12-7-11(9)13-10;1-3-5-4-2;3*1-2/h1-7,14H;1-7H;3-5H,1H2,2H3;3*1-2H3/b;;5-4-;;;. The van der Waals surface area contributed by atoms with Crippen molar-refractivity contribution in [1.82, 2.24) is 9.97 Å². The molecule has 0 aliphatic rings. The van der Waals surface area contributed by atoms with Gasteiger partial charge in [0.15, 0.2) is 5.58 Å². The second-order valence-electron chi connectivity index (χ2n) is 6.60. The molecule has 4 nitrogen and oxygen atoms in total. The van der Waals surface area contributed by atoms with Crippen LogP contribution in [0.25, 0.3) is 33.1 Å². The molecule has 0 saturated carbocycles. The Morgan fingerprint density at radius 3 is 1.92 bits per heavy atom. The maximum absolute atomic E-state index is 9.61. The fourth-order valence-electron chi connectivity index (χ4n) is 3.01. The van der Waals surface area contributed by atoms with E-state index in [9.17, 15) is 5.11 Å². The Balaban J connectivity index is 0.000000529. The minimum Gasteiger partial charge on any atom is -0.507 e. The number of allylic oxidation sites excluding steroid dienone is 3. The maximum atomic E-state index is 9.61. The highest BCUT2D eigenvalue weighted by molar-refractivity contribution is 6.33. The number of benzene rings is 2. The van der Waals surface area contributed by atoms with Crippen molar-refractivity contribution < 1.29 is 9.52 Å². The first-order valence-corrected chi connectivity index (χ1v) is 13.4. The van der Waals surface area contributed by atoms with E-state index in [2.05, 4.69) is 22.6 Å². The van der Waals surface area contributed by atoms with Crippen molar-refractivity contribution in [2.45, 2.75) is 48.5 Å². The smallest absolute Gasteiger partial charge is 0.153 e. The van der Waals surface area contributed by atoms with Crippen LogP contribution < -0.4 is 0 Å². The van der Waals surface area contributed by atoms with Crippen LogP contribution in [0.5, 0.6) is 5.75 Å². The molecule has 0 unspecified atom stereocenters. The van der Waals surface area contributed by atoms with Gasteiger partial charge < -0.3 is 9.52 Å². The molecule has 0 amide bonds. The van der Waals surface area contributed by atoms with Gasteiger partial charge in [-0.25, -0.2) is 0 Å². The van der Waals surface area contributed by atoms with Crippen LogP contribution in [0.3, 0.4) is 0 Å². The van der Waals surface area contributed by atoms with E-state index < -0.39 is 0 Å². The molecule has 1 N–H and O–H groups in total. The summed E-state index contributed by atoms with van der Waals surface area (Å²) in [5.74, 6) is 0.223. The largest absolute Gasteiger partial charge is 0.507 e.